The van der Waals surface area contributed by atoms with Crippen LogP contribution in [-0.2, 0) is 22.4 Å². The van der Waals surface area contributed by atoms with E-state index in [1.54, 1.807) is 31.1 Å². The van der Waals surface area contributed by atoms with Gasteiger partial charge in [0.25, 0.3) is 0 Å². The summed E-state index contributed by atoms with van der Waals surface area (Å²) in [6.45, 7) is 4.58. The lowest BCUT2D eigenvalue weighted by atomic mass is 10.4. The van der Waals surface area contributed by atoms with Crippen molar-refractivity contribution in [1.82, 2.24) is 8.87 Å². The van der Waals surface area contributed by atoms with Gasteiger partial charge in [0.2, 0.25) is 10.0 Å². The number of aryl methyl sites for hydroxylation is 1. The molecule has 1 aromatic rings. The molecular formula is C12H21ClN2O2S2. The molecule has 0 aliphatic rings. The molecule has 1 rings (SSSR count). The van der Waals surface area contributed by atoms with Gasteiger partial charge in [-0.15, -0.1) is 11.6 Å². The van der Waals surface area contributed by atoms with Crippen LogP contribution in [0.3, 0.4) is 0 Å². The van der Waals surface area contributed by atoms with Crippen molar-refractivity contribution in [3.63, 3.8) is 0 Å². The van der Waals surface area contributed by atoms with Crippen LogP contribution in [0, 0.1) is 0 Å². The third-order valence-electron chi connectivity index (χ3n) is 3.14. The summed E-state index contributed by atoms with van der Waals surface area (Å²) in [5.41, 5.74) is 0.827. The molecule has 0 amide bonds. The van der Waals surface area contributed by atoms with Crippen molar-refractivity contribution in [1.29, 1.82) is 0 Å². The summed E-state index contributed by atoms with van der Waals surface area (Å²) in [7, 11) is -1.82. The van der Waals surface area contributed by atoms with E-state index in [0.717, 1.165) is 11.4 Å². The molecule has 0 fully saturated rings. The fraction of sp³-hybridized carbons (Fsp3) is 0.667. The average Bonchev–Trinajstić information content (AvgIpc) is 2.81. The molecule has 0 N–H and O–H groups in total. The molecule has 1 heterocycles. The lowest BCUT2D eigenvalue weighted by molar-refractivity contribution is 0.415. The fourth-order valence-electron chi connectivity index (χ4n) is 1.82. The first-order valence-electron chi connectivity index (χ1n) is 6.10. The number of nitrogens with zero attached hydrogens (tertiary/aromatic N) is 2. The van der Waals surface area contributed by atoms with Gasteiger partial charge < -0.3 is 4.57 Å². The van der Waals surface area contributed by atoms with Crippen LogP contribution in [-0.4, -0.2) is 42.4 Å². The van der Waals surface area contributed by atoms with Crippen molar-refractivity contribution >= 4 is 33.4 Å². The van der Waals surface area contributed by atoms with Gasteiger partial charge in [0.15, 0.2) is 0 Å². The Kier molecular flexibility index (Phi) is 6.23. The van der Waals surface area contributed by atoms with E-state index in [1.165, 1.54) is 4.31 Å². The van der Waals surface area contributed by atoms with Crippen LogP contribution < -0.4 is 0 Å². The lowest BCUT2D eigenvalue weighted by Gasteiger charge is -2.23. The third-order valence-corrected chi connectivity index (χ3v) is 6.17. The number of hydrogen-bond acceptors (Lipinski definition) is 3. The average molecular weight is 325 g/mol. The molecule has 110 valence electrons. The molecule has 0 radical (unpaired) electrons. The van der Waals surface area contributed by atoms with Gasteiger partial charge in [0.1, 0.15) is 4.90 Å². The van der Waals surface area contributed by atoms with E-state index in [-0.39, 0.29) is 6.04 Å². The second-order valence-corrected chi connectivity index (χ2v) is 7.59. The zero-order chi connectivity index (χ0) is 14.6. The standard InChI is InChI=1S/C12H21ClN2O2S2/c1-5-15-8-12(6-11(15)7-13)19(16,17)14(3)10(2)9-18-4/h6,8,10H,5,7,9H2,1-4H3. The lowest BCUT2D eigenvalue weighted by Crippen LogP contribution is -2.36. The number of hydrogen-bond donors (Lipinski definition) is 0. The zero-order valence-electron chi connectivity index (χ0n) is 11.8. The number of thioether (sulfide) groups is 1. The number of aromatic nitrogens is 1. The van der Waals surface area contributed by atoms with Crippen LogP contribution in [0.25, 0.3) is 0 Å². The molecule has 0 aromatic carbocycles. The van der Waals surface area contributed by atoms with Crippen LogP contribution in [0.15, 0.2) is 17.2 Å². The Bertz CT molecular complexity index is 492. The monoisotopic (exact) mass is 324 g/mol. The summed E-state index contributed by atoms with van der Waals surface area (Å²) in [4.78, 5) is 0.320. The van der Waals surface area contributed by atoms with Gasteiger partial charge in [-0.05, 0) is 26.2 Å². The summed E-state index contributed by atoms with van der Waals surface area (Å²) < 4.78 is 28.3. The van der Waals surface area contributed by atoms with E-state index in [4.69, 9.17) is 11.6 Å². The van der Waals surface area contributed by atoms with Crippen molar-refractivity contribution in [2.45, 2.75) is 37.2 Å². The van der Waals surface area contributed by atoms with Gasteiger partial charge in [-0.1, -0.05) is 0 Å². The van der Waals surface area contributed by atoms with Gasteiger partial charge in [-0.25, -0.2) is 8.42 Å². The van der Waals surface area contributed by atoms with Crippen molar-refractivity contribution < 1.29 is 8.42 Å². The summed E-state index contributed by atoms with van der Waals surface area (Å²) >= 11 is 7.47. The van der Waals surface area contributed by atoms with Gasteiger partial charge in [0.05, 0.1) is 5.88 Å². The topological polar surface area (TPSA) is 42.3 Å². The predicted octanol–water partition coefficient (Wildman–Crippen LogP) is 2.62. The van der Waals surface area contributed by atoms with Crippen LogP contribution in [0.1, 0.15) is 19.5 Å². The number of sulfonamides is 1. The van der Waals surface area contributed by atoms with Crippen LogP contribution >= 0.6 is 23.4 Å². The second kappa shape index (κ2) is 7.02. The molecule has 0 bridgehead atoms. The highest BCUT2D eigenvalue weighted by Gasteiger charge is 2.26. The SMILES string of the molecule is CCn1cc(S(=O)(=O)N(C)C(C)CSC)cc1CCl. The molecule has 4 nitrogen and oxygen atoms in total. The highest BCUT2D eigenvalue weighted by atomic mass is 35.5. The summed E-state index contributed by atoms with van der Waals surface area (Å²) in [5.74, 6) is 1.08. The molecule has 1 unspecified atom stereocenters. The minimum Gasteiger partial charge on any atom is -0.349 e. The first-order valence-corrected chi connectivity index (χ1v) is 9.47. The predicted molar refractivity (Wildman–Crippen MR) is 82.5 cm³/mol. The van der Waals surface area contributed by atoms with E-state index in [1.807, 2.05) is 24.7 Å². The van der Waals surface area contributed by atoms with Gasteiger partial charge >= 0.3 is 0 Å². The fourth-order valence-corrected chi connectivity index (χ4v) is 4.28. The molecule has 1 atom stereocenters. The summed E-state index contributed by atoms with van der Waals surface area (Å²) in [6, 6.07) is 1.62. The van der Waals surface area contributed by atoms with Gasteiger partial charge in [-0.3, -0.25) is 0 Å². The van der Waals surface area contributed by atoms with Crippen molar-refractivity contribution in [2.24, 2.45) is 0 Å². The molecule has 1 aromatic heterocycles. The normalized spacial score (nSPS) is 14.0. The molecule has 0 aliphatic carbocycles. The second-order valence-electron chi connectivity index (χ2n) is 4.41. The van der Waals surface area contributed by atoms with Crippen LogP contribution in [0.2, 0.25) is 0 Å². The Balaban J connectivity index is 3.09. The van der Waals surface area contributed by atoms with E-state index in [2.05, 4.69) is 0 Å². The first kappa shape index (κ1) is 16.9. The summed E-state index contributed by atoms with van der Waals surface area (Å²) in [5, 5.41) is 0. The third kappa shape index (κ3) is 3.68. The van der Waals surface area contributed by atoms with Crippen LogP contribution in [0.5, 0.6) is 0 Å². The quantitative estimate of drug-likeness (QED) is 0.724. The Morgan fingerprint density at radius 1 is 1.53 bits per heavy atom. The molecule has 0 saturated heterocycles. The van der Waals surface area contributed by atoms with Crippen molar-refractivity contribution in [2.75, 3.05) is 19.1 Å². The number of rotatable bonds is 7. The maximum absolute atomic E-state index is 12.5. The number of halogens is 1. The zero-order valence-corrected chi connectivity index (χ0v) is 14.1. The molecule has 0 saturated carbocycles. The van der Waals surface area contributed by atoms with Crippen LogP contribution in [0.4, 0.5) is 0 Å². The van der Waals surface area contributed by atoms with E-state index >= 15 is 0 Å². The van der Waals surface area contributed by atoms with E-state index < -0.39 is 10.0 Å². The Hall–Kier alpha value is -0.170. The largest absolute Gasteiger partial charge is 0.349 e. The molecule has 7 heteroatoms. The maximum atomic E-state index is 12.5. The molecule has 0 spiro atoms. The molecule has 0 aliphatic heterocycles. The number of alkyl halides is 1. The highest BCUT2D eigenvalue weighted by molar-refractivity contribution is 7.98. The Morgan fingerprint density at radius 3 is 2.58 bits per heavy atom. The molecular weight excluding hydrogens is 304 g/mol. The van der Waals surface area contributed by atoms with E-state index in [9.17, 15) is 8.42 Å². The maximum Gasteiger partial charge on any atom is 0.244 e. The first-order chi connectivity index (χ1) is 8.88. The van der Waals surface area contributed by atoms with Crippen molar-refractivity contribution in [3.05, 3.63) is 18.0 Å². The van der Waals surface area contributed by atoms with Gasteiger partial charge in [0, 0.05) is 37.3 Å². The van der Waals surface area contributed by atoms with E-state index in [0.29, 0.717) is 17.3 Å². The minimum atomic E-state index is -3.44. The summed E-state index contributed by atoms with van der Waals surface area (Å²) in [6.07, 6.45) is 3.63. The Morgan fingerprint density at radius 2 is 2.16 bits per heavy atom. The van der Waals surface area contributed by atoms with Crippen molar-refractivity contribution in [3.8, 4) is 0 Å². The Labute approximate surface area is 125 Å². The smallest absolute Gasteiger partial charge is 0.244 e. The highest BCUT2D eigenvalue weighted by Crippen LogP contribution is 2.21. The minimum absolute atomic E-state index is 0.0376. The van der Waals surface area contributed by atoms with Gasteiger partial charge in [-0.2, -0.15) is 16.1 Å². The molecule has 19 heavy (non-hydrogen) atoms.